The van der Waals surface area contributed by atoms with E-state index in [9.17, 15) is 0 Å². The third-order valence-corrected chi connectivity index (χ3v) is 12.6. The van der Waals surface area contributed by atoms with Crippen molar-refractivity contribution in [3.05, 3.63) is 194 Å². The number of furan rings is 1. The van der Waals surface area contributed by atoms with Crippen LogP contribution in [0.4, 0.5) is 0 Å². The molecule has 314 valence electrons. The van der Waals surface area contributed by atoms with Crippen LogP contribution in [0.3, 0.4) is 0 Å². The van der Waals surface area contributed by atoms with Crippen molar-refractivity contribution >= 4 is 54.8 Å². The van der Waals surface area contributed by atoms with E-state index in [1.165, 1.54) is 22.3 Å². The molecule has 0 amide bonds. The molecular formula is C57H37N5O2Pt-2. The summed E-state index contributed by atoms with van der Waals surface area (Å²) < 4.78 is 19.6. The first kappa shape index (κ1) is 39.0. The van der Waals surface area contributed by atoms with Crippen molar-refractivity contribution in [2.24, 2.45) is 0 Å². The van der Waals surface area contributed by atoms with Gasteiger partial charge in [0.2, 0.25) is 0 Å². The van der Waals surface area contributed by atoms with Crippen LogP contribution < -0.4 is 9.30 Å². The summed E-state index contributed by atoms with van der Waals surface area (Å²) in [5, 5.41) is 3.95. The molecule has 0 aliphatic carbocycles. The molecule has 0 bridgehead atoms. The summed E-state index contributed by atoms with van der Waals surface area (Å²) in [4.78, 5) is 9.78. The van der Waals surface area contributed by atoms with Gasteiger partial charge in [-0.05, 0) is 98.0 Å². The molecule has 0 N–H and O–H groups in total. The zero-order chi connectivity index (χ0) is 42.7. The molecular weight excluding hydrogens is 982 g/mol. The number of hydrogen-bond acceptors (Lipinski definition) is 4. The Labute approximate surface area is 389 Å². The van der Waals surface area contributed by atoms with E-state index in [2.05, 4.69) is 174 Å². The number of pyridine rings is 2. The smallest absolute Gasteiger partial charge is 0.268 e. The second-order valence-electron chi connectivity index (χ2n) is 17.4. The van der Waals surface area contributed by atoms with Crippen molar-refractivity contribution < 1.29 is 34.8 Å². The van der Waals surface area contributed by atoms with E-state index in [4.69, 9.17) is 19.1 Å². The summed E-state index contributed by atoms with van der Waals surface area (Å²) in [6.07, 6.45) is 7.50. The Kier molecular flexibility index (Phi) is 8.84. The number of aromatic nitrogens is 5. The van der Waals surface area contributed by atoms with Crippen molar-refractivity contribution in [2.75, 3.05) is 0 Å². The number of para-hydroxylation sites is 3. The van der Waals surface area contributed by atoms with Crippen LogP contribution in [0.25, 0.3) is 105 Å². The van der Waals surface area contributed by atoms with Gasteiger partial charge in [0, 0.05) is 49.3 Å². The van der Waals surface area contributed by atoms with Crippen molar-refractivity contribution in [3.8, 4) is 62.2 Å². The number of benzene rings is 7. The molecule has 1 aliphatic rings. The number of rotatable bonds is 4. The van der Waals surface area contributed by atoms with Gasteiger partial charge in [-0.1, -0.05) is 124 Å². The van der Waals surface area contributed by atoms with Crippen LogP contribution in [0.2, 0.25) is 0 Å². The SMILES string of the molecule is CC(C)(C)c1ccnc(-n2c3[c-]c(Oc4[c-]c(-n5[c-][n+]6c7c(cccc75)-c5ccccc5-c5ccccc5-c5ccccc5-6)ccc4)ncc3c3c4oc5ccccc5c4ccc32)c1.[Pt]. The number of fused-ring (bicyclic) bond motifs is 14. The molecule has 0 atom stereocenters. The molecule has 7 aromatic carbocycles. The van der Waals surface area contributed by atoms with Crippen LogP contribution in [0, 0.1) is 18.5 Å². The minimum absolute atomic E-state index is 0. The van der Waals surface area contributed by atoms with Gasteiger partial charge in [0.05, 0.1) is 16.7 Å². The Hall–Kier alpha value is -7.60. The predicted octanol–water partition coefficient (Wildman–Crippen LogP) is 13.5. The van der Waals surface area contributed by atoms with Crippen molar-refractivity contribution in [1.82, 2.24) is 19.1 Å². The van der Waals surface area contributed by atoms with Crippen LogP contribution in [0.1, 0.15) is 26.3 Å². The fourth-order valence-electron chi connectivity index (χ4n) is 9.65. The number of ether oxygens (including phenoxy) is 1. The van der Waals surface area contributed by atoms with Crippen molar-refractivity contribution in [3.63, 3.8) is 0 Å². The molecule has 8 heteroatoms. The fraction of sp³-hybridized carbons (Fsp3) is 0.0702. The summed E-state index contributed by atoms with van der Waals surface area (Å²) in [5.41, 5.74) is 15.2. The summed E-state index contributed by atoms with van der Waals surface area (Å²) in [7, 11) is 0. The Morgan fingerprint density at radius 2 is 1.31 bits per heavy atom. The van der Waals surface area contributed by atoms with Crippen LogP contribution >= 0.6 is 0 Å². The van der Waals surface area contributed by atoms with E-state index in [-0.39, 0.29) is 26.5 Å². The molecule has 5 aromatic heterocycles. The van der Waals surface area contributed by atoms with Crippen LogP contribution in [-0.4, -0.2) is 19.1 Å². The van der Waals surface area contributed by atoms with Crippen LogP contribution in [0.15, 0.2) is 175 Å². The Balaban J connectivity index is 0.00000444. The summed E-state index contributed by atoms with van der Waals surface area (Å²) >= 11 is 0. The molecule has 0 unspecified atom stereocenters. The molecule has 1 aliphatic heterocycles. The van der Waals surface area contributed by atoms with E-state index in [1.807, 2.05) is 48.8 Å². The largest absolute Gasteiger partial charge is 0.484 e. The predicted molar refractivity (Wildman–Crippen MR) is 254 cm³/mol. The van der Waals surface area contributed by atoms with Crippen LogP contribution in [-0.2, 0) is 26.5 Å². The van der Waals surface area contributed by atoms with Gasteiger partial charge >= 0.3 is 0 Å². The first-order valence-corrected chi connectivity index (χ1v) is 21.5. The van der Waals surface area contributed by atoms with E-state index >= 15 is 0 Å². The standard InChI is InChI=1S/C57H37N5O2.Pt/c1-57(2,3)35-28-29-58-52(30-35)62-48-27-26-45-43-21-9-11-25-51(43)64-56(45)54(48)46-33-59-53(32-50(46)62)63-37-15-12-14-36(31-37)60-34-61-47-23-10-8-20-42(47)40-18-6-4-16-38(40)39-17-5-7-19-41(39)44-22-13-24-49(60)55(44)61;/h4-30,33H,1-3H3;/q-2;. The second-order valence-corrected chi connectivity index (χ2v) is 17.4. The molecule has 65 heavy (non-hydrogen) atoms. The van der Waals surface area contributed by atoms with Gasteiger partial charge in [0.25, 0.3) is 6.33 Å². The topological polar surface area (TPSA) is 61.9 Å². The average molecular weight is 1020 g/mol. The minimum Gasteiger partial charge on any atom is -0.484 e. The Morgan fingerprint density at radius 1 is 0.615 bits per heavy atom. The Morgan fingerprint density at radius 3 is 2.11 bits per heavy atom. The number of imidazole rings is 1. The monoisotopic (exact) mass is 1020 g/mol. The maximum Gasteiger partial charge on any atom is 0.268 e. The molecule has 7 nitrogen and oxygen atoms in total. The van der Waals surface area contributed by atoms with Gasteiger partial charge in [-0.25, -0.2) is 4.98 Å². The van der Waals surface area contributed by atoms with E-state index in [0.717, 1.165) is 88.7 Å². The van der Waals surface area contributed by atoms with Crippen molar-refractivity contribution in [1.29, 1.82) is 0 Å². The van der Waals surface area contributed by atoms with Gasteiger partial charge < -0.3 is 18.3 Å². The molecule has 12 aromatic rings. The first-order valence-electron chi connectivity index (χ1n) is 21.5. The van der Waals surface area contributed by atoms with Gasteiger partial charge in [-0.15, -0.1) is 23.0 Å². The fourth-order valence-corrected chi connectivity index (χ4v) is 9.65. The Bertz CT molecular complexity index is 3890. The summed E-state index contributed by atoms with van der Waals surface area (Å²) in [5.74, 6) is 1.58. The third-order valence-electron chi connectivity index (χ3n) is 12.6. The van der Waals surface area contributed by atoms with Gasteiger partial charge in [0.1, 0.15) is 22.9 Å². The number of hydrogen-bond donors (Lipinski definition) is 0. The quantitative estimate of drug-likeness (QED) is 0.130. The third kappa shape index (κ3) is 6.03. The molecule has 13 rings (SSSR count). The molecule has 0 saturated heterocycles. The zero-order valence-corrected chi connectivity index (χ0v) is 37.8. The zero-order valence-electron chi connectivity index (χ0n) is 35.5. The van der Waals surface area contributed by atoms with E-state index in [1.54, 1.807) is 0 Å². The second kappa shape index (κ2) is 14.7. The number of nitrogens with zero attached hydrogens (tertiary/aromatic N) is 5. The van der Waals surface area contributed by atoms with Crippen LogP contribution in [0.5, 0.6) is 11.6 Å². The normalized spacial score (nSPS) is 12.1. The van der Waals surface area contributed by atoms with Gasteiger partial charge in [-0.2, -0.15) is 18.2 Å². The maximum atomic E-state index is 6.62. The van der Waals surface area contributed by atoms with Gasteiger partial charge in [-0.3, -0.25) is 9.55 Å². The first-order chi connectivity index (χ1) is 31.4. The van der Waals surface area contributed by atoms with Crippen molar-refractivity contribution in [2.45, 2.75) is 26.2 Å². The summed E-state index contributed by atoms with van der Waals surface area (Å²) in [6.45, 7) is 6.64. The summed E-state index contributed by atoms with van der Waals surface area (Å²) in [6, 6.07) is 62.1. The minimum atomic E-state index is -0.0824. The maximum absolute atomic E-state index is 6.62. The van der Waals surface area contributed by atoms with E-state index < -0.39 is 0 Å². The van der Waals surface area contributed by atoms with E-state index in [0.29, 0.717) is 11.6 Å². The molecule has 0 spiro atoms. The molecule has 0 saturated carbocycles. The van der Waals surface area contributed by atoms with Gasteiger partial charge in [0.15, 0.2) is 0 Å². The molecule has 0 fully saturated rings. The molecule has 0 radical (unpaired) electrons. The molecule has 6 heterocycles. The average Bonchev–Trinajstić information content (AvgIpc) is 4.02.